The van der Waals surface area contributed by atoms with Gasteiger partial charge in [-0.15, -0.1) is 0 Å². The number of rotatable bonds is 11. The first-order chi connectivity index (χ1) is 12.9. The molecule has 7 nitrogen and oxygen atoms in total. The quantitative estimate of drug-likeness (QED) is 0.617. The average Bonchev–Trinajstić information content (AvgIpc) is 2.66. The van der Waals surface area contributed by atoms with Crippen molar-refractivity contribution >= 4 is 23.4 Å². The number of hydrogen-bond donors (Lipinski definition) is 2. The van der Waals surface area contributed by atoms with Crippen molar-refractivity contribution in [1.82, 2.24) is 10.2 Å². The van der Waals surface area contributed by atoms with E-state index in [9.17, 15) is 14.4 Å². The second kappa shape index (κ2) is 12.1. The van der Waals surface area contributed by atoms with E-state index in [1.807, 2.05) is 32.9 Å². The lowest BCUT2D eigenvalue weighted by molar-refractivity contribution is -0.140. The fourth-order valence-corrected chi connectivity index (χ4v) is 2.61. The second-order valence-corrected chi connectivity index (χ2v) is 6.46. The lowest BCUT2D eigenvalue weighted by Crippen LogP contribution is -2.45. The first kappa shape index (κ1) is 22.6. The highest BCUT2D eigenvalue weighted by Crippen LogP contribution is 2.12. The summed E-state index contributed by atoms with van der Waals surface area (Å²) < 4.78 is 5.03. The highest BCUT2D eigenvalue weighted by molar-refractivity contribution is 5.95. The summed E-state index contributed by atoms with van der Waals surface area (Å²) in [6.07, 6.45) is 1.44. The van der Waals surface area contributed by atoms with Crippen LogP contribution in [0, 0.1) is 12.8 Å². The van der Waals surface area contributed by atoms with Crippen LogP contribution in [0.1, 0.15) is 32.3 Å². The number of nitrogens with one attached hydrogen (secondary N) is 2. The van der Waals surface area contributed by atoms with Crippen molar-refractivity contribution in [3.05, 3.63) is 29.8 Å². The number of methoxy groups -OCH3 is 1. The number of ether oxygens (including phenoxy) is 1. The standard InChI is InChI=1S/C20H31N3O4/c1-5-16(6-2)20(26)23(11-12-27-4)14-19(25)21-13-18(24)22-17-9-7-15(3)8-10-17/h7-10,16H,5-6,11-14H2,1-4H3,(H,21,25)(H,22,24). The molecule has 0 saturated heterocycles. The van der Waals surface area contributed by atoms with Crippen molar-refractivity contribution in [3.63, 3.8) is 0 Å². The number of hydrogen-bond acceptors (Lipinski definition) is 4. The summed E-state index contributed by atoms with van der Waals surface area (Å²) in [4.78, 5) is 38.2. The van der Waals surface area contributed by atoms with Crippen LogP contribution >= 0.6 is 0 Å². The predicted molar refractivity (Wildman–Crippen MR) is 105 cm³/mol. The third-order valence-electron chi connectivity index (χ3n) is 4.33. The maximum absolute atomic E-state index is 12.6. The van der Waals surface area contributed by atoms with Gasteiger partial charge in [0, 0.05) is 25.3 Å². The van der Waals surface area contributed by atoms with E-state index in [1.165, 1.54) is 4.90 Å². The molecule has 0 aliphatic carbocycles. The first-order valence-electron chi connectivity index (χ1n) is 9.32. The van der Waals surface area contributed by atoms with Crippen molar-refractivity contribution in [1.29, 1.82) is 0 Å². The van der Waals surface area contributed by atoms with E-state index >= 15 is 0 Å². The molecule has 1 aromatic carbocycles. The van der Waals surface area contributed by atoms with Gasteiger partial charge in [0.25, 0.3) is 0 Å². The second-order valence-electron chi connectivity index (χ2n) is 6.46. The van der Waals surface area contributed by atoms with Gasteiger partial charge >= 0.3 is 0 Å². The molecule has 0 fully saturated rings. The minimum Gasteiger partial charge on any atom is -0.383 e. The van der Waals surface area contributed by atoms with Crippen LogP contribution < -0.4 is 10.6 Å². The van der Waals surface area contributed by atoms with Crippen LogP contribution in [-0.2, 0) is 19.1 Å². The fourth-order valence-electron chi connectivity index (χ4n) is 2.61. The molecule has 2 N–H and O–H groups in total. The largest absolute Gasteiger partial charge is 0.383 e. The monoisotopic (exact) mass is 377 g/mol. The molecule has 0 heterocycles. The molecule has 0 radical (unpaired) electrons. The van der Waals surface area contributed by atoms with Crippen molar-refractivity contribution in [2.24, 2.45) is 5.92 Å². The molecular formula is C20H31N3O4. The third kappa shape index (κ3) is 8.21. The summed E-state index contributed by atoms with van der Waals surface area (Å²) >= 11 is 0. The van der Waals surface area contributed by atoms with E-state index in [1.54, 1.807) is 19.2 Å². The van der Waals surface area contributed by atoms with Crippen LogP contribution in [0.15, 0.2) is 24.3 Å². The molecule has 1 rings (SSSR count). The van der Waals surface area contributed by atoms with Crippen LogP contribution in [0.5, 0.6) is 0 Å². The van der Waals surface area contributed by atoms with Gasteiger partial charge in [-0.1, -0.05) is 31.5 Å². The summed E-state index contributed by atoms with van der Waals surface area (Å²) in [5.41, 5.74) is 1.77. The Morgan fingerprint density at radius 1 is 1.07 bits per heavy atom. The van der Waals surface area contributed by atoms with Gasteiger partial charge in [0.2, 0.25) is 17.7 Å². The van der Waals surface area contributed by atoms with Gasteiger partial charge in [0.15, 0.2) is 0 Å². The Bertz CT molecular complexity index is 612. The molecule has 0 aliphatic heterocycles. The lowest BCUT2D eigenvalue weighted by Gasteiger charge is -2.25. The molecule has 0 unspecified atom stereocenters. The predicted octanol–water partition coefficient (Wildman–Crippen LogP) is 1.96. The number of nitrogens with zero attached hydrogens (tertiary/aromatic N) is 1. The summed E-state index contributed by atoms with van der Waals surface area (Å²) in [6, 6.07) is 7.39. The molecule has 7 heteroatoms. The van der Waals surface area contributed by atoms with E-state index in [2.05, 4.69) is 10.6 Å². The van der Waals surface area contributed by atoms with Gasteiger partial charge in [0.1, 0.15) is 0 Å². The van der Waals surface area contributed by atoms with Gasteiger partial charge in [-0.05, 0) is 31.9 Å². The molecular weight excluding hydrogens is 346 g/mol. The summed E-state index contributed by atoms with van der Waals surface area (Å²) in [5, 5.41) is 5.28. The van der Waals surface area contributed by atoms with E-state index in [4.69, 9.17) is 4.74 Å². The summed E-state index contributed by atoms with van der Waals surface area (Å²) in [5.74, 6) is -0.859. The molecule has 0 atom stereocenters. The van der Waals surface area contributed by atoms with E-state index < -0.39 is 0 Å². The van der Waals surface area contributed by atoms with Gasteiger partial charge < -0.3 is 20.3 Å². The molecule has 3 amide bonds. The van der Waals surface area contributed by atoms with Crippen molar-refractivity contribution < 1.29 is 19.1 Å². The van der Waals surface area contributed by atoms with Crippen LogP contribution in [0.3, 0.4) is 0 Å². The third-order valence-corrected chi connectivity index (χ3v) is 4.33. The molecule has 0 aliphatic rings. The number of aryl methyl sites for hydroxylation is 1. The summed E-state index contributed by atoms with van der Waals surface area (Å²) in [7, 11) is 1.55. The zero-order valence-electron chi connectivity index (χ0n) is 16.7. The Morgan fingerprint density at radius 2 is 1.70 bits per heavy atom. The maximum atomic E-state index is 12.6. The molecule has 1 aromatic rings. The Kier molecular flexibility index (Phi) is 10.1. The number of carbonyl (C=O) groups is 3. The van der Waals surface area contributed by atoms with E-state index in [0.29, 0.717) is 18.8 Å². The molecule has 150 valence electrons. The number of benzene rings is 1. The zero-order chi connectivity index (χ0) is 20.2. The van der Waals surface area contributed by atoms with Gasteiger partial charge in [-0.2, -0.15) is 0 Å². The Hall–Kier alpha value is -2.41. The normalized spacial score (nSPS) is 10.6. The molecule has 27 heavy (non-hydrogen) atoms. The highest BCUT2D eigenvalue weighted by atomic mass is 16.5. The Balaban J connectivity index is 2.53. The van der Waals surface area contributed by atoms with Crippen LogP contribution in [0.25, 0.3) is 0 Å². The van der Waals surface area contributed by atoms with Crippen LogP contribution in [0.4, 0.5) is 5.69 Å². The van der Waals surface area contributed by atoms with Crippen molar-refractivity contribution in [3.8, 4) is 0 Å². The summed E-state index contributed by atoms with van der Waals surface area (Å²) in [6.45, 7) is 6.33. The van der Waals surface area contributed by atoms with Gasteiger partial charge in [-0.3, -0.25) is 14.4 Å². The Morgan fingerprint density at radius 3 is 2.26 bits per heavy atom. The zero-order valence-corrected chi connectivity index (χ0v) is 16.7. The average molecular weight is 377 g/mol. The molecule has 0 saturated carbocycles. The first-order valence-corrected chi connectivity index (χ1v) is 9.32. The van der Waals surface area contributed by atoms with Gasteiger partial charge in [0.05, 0.1) is 19.7 Å². The molecule has 0 aromatic heterocycles. The van der Waals surface area contributed by atoms with Crippen LogP contribution in [-0.4, -0.2) is 56.0 Å². The number of carbonyl (C=O) groups excluding carboxylic acids is 3. The van der Waals surface area contributed by atoms with Crippen molar-refractivity contribution in [2.45, 2.75) is 33.6 Å². The smallest absolute Gasteiger partial charge is 0.243 e. The fraction of sp³-hybridized carbons (Fsp3) is 0.550. The Labute approximate surface area is 161 Å². The van der Waals surface area contributed by atoms with Crippen LogP contribution in [0.2, 0.25) is 0 Å². The topological polar surface area (TPSA) is 87.7 Å². The van der Waals surface area contributed by atoms with E-state index in [0.717, 1.165) is 18.4 Å². The van der Waals surface area contributed by atoms with E-state index in [-0.39, 0.29) is 36.7 Å². The highest BCUT2D eigenvalue weighted by Gasteiger charge is 2.23. The molecule has 0 spiro atoms. The molecule has 0 bridgehead atoms. The minimum atomic E-state index is -0.371. The van der Waals surface area contributed by atoms with Gasteiger partial charge in [-0.25, -0.2) is 0 Å². The lowest BCUT2D eigenvalue weighted by atomic mass is 10.0. The minimum absolute atomic E-state index is 0.0590. The van der Waals surface area contributed by atoms with Crippen molar-refractivity contribution in [2.75, 3.05) is 38.7 Å². The maximum Gasteiger partial charge on any atom is 0.243 e. The number of amides is 3. The number of anilines is 1. The SMILES string of the molecule is CCC(CC)C(=O)N(CCOC)CC(=O)NCC(=O)Nc1ccc(C)cc1.